The van der Waals surface area contributed by atoms with Crippen LogP contribution in [0, 0.1) is 6.92 Å². The summed E-state index contributed by atoms with van der Waals surface area (Å²) in [7, 11) is 0. The summed E-state index contributed by atoms with van der Waals surface area (Å²) in [6.07, 6.45) is 2.11. The van der Waals surface area contributed by atoms with Crippen molar-refractivity contribution in [3.63, 3.8) is 0 Å². The van der Waals surface area contributed by atoms with Gasteiger partial charge in [-0.2, -0.15) is 0 Å². The Morgan fingerprint density at radius 2 is 1.21 bits per heavy atom. The van der Waals surface area contributed by atoms with E-state index in [2.05, 4.69) is 142 Å². The Bertz CT molecular complexity index is 2230. The van der Waals surface area contributed by atoms with Crippen LogP contribution in [0.2, 0.25) is 0 Å². The molecule has 0 aliphatic heterocycles. The number of fused-ring (bicyclic) bond motifs is 1. The molecule has 4 nitrogen and oxygen atoms in total. The largest absolute Gasteiger partial charge is 0.507 e. The fourth-order valence-electron chi connectivity index (χ4n) is 6.48. The fourth-order valence-corrected chi connectivity index (χ4v) is 6.48. The van der Waals surface area contributed by atoms with E-state index in [1.165, 1.54) is 11.1 Å². The Kier molecular flexibility index (Phi) is 7.95. The first-order chi connectivity index (χ1) is 22.8. The van der Waals surface area contributed by atoms with Gasteiger partial charge >= 0.3 is 0 Å². The van der Waals surface area contributed by atoms with E-state index in [4.69, 9.17) is 9.97 Å². The Morgan fingerprint density at radius 1 is 0.553 bits per heavy atom. The smallest absolute Gasteiger partial charge is 0.141 e. The van der Waals surface area contributed by atoms with Crippen molar-refractivity contribution in [1.82, 2.24) is 14.4 Å². The highest BCUT2D eigenvalue weighted by Gasteiger charge is 2.20. The monoisotopic (exact) mass is 613 g/mol. The maximum Gasteiger partial charge on any atom is 0.141 e. The summed E-state index contributed by atoms with van der Waals surface area (Å²) in [5.74, 6) is 0.808. The van der Waals surface area contributed by atoms with Crippen molar-refractivity contribution in [3.8, 4) is 61.9 Å². The first-order valence-electron chi connectivity index (χ1n) is 16.4. The molecule has 3 heterocycles. The predicted octanol–water partition coefficient (Wildman–Crippen LogP) is 11.3. The molecular weight excluding hydrogens is 574 g/mol. The highest BCUT2D eigenvalue weighted by atomic mass is 16.3. The topological polar surface area (TPSA) is 50.4 Å². The van der Waals surface area contributed by atoms with Gasteiger partial charge in [-0.15, -0.1) is 0 Å². The first-order valence-corrected chi connectivity index (χ1v) is 16.4. The standard InChI is InChI=1S/C43H39N3O/c1-27(2)35-19-11-20-37(42(35)47)39-26-34(31-16-9-13-29(5)23-31)25-38(44-39)32-17-10-18-33(24-32)40-41(30-14-7-6-8-15-30)46-22-12-21-36(28(3)4)43(46)45-40/h6-28,47H,1-5H3. The summed E-state index contributed by atoms with van der Waals surface area (Å²) in [6.45, 7) is 10.7. The molecule has 7 rings (SSSR count). The molecule has 0 aliphatic carbocycles. The molecule has 7 aromatic rings. The molecule has 232 valence electrons. The number of para-hydroxylation sites is 1. The first kappa shape index (κ1) is 30.2. The number of imidazole rings is 1. The number of hydrogen-bond donors (Lipinski definition) is 1. The third-order valence-corrected chi connectivity index (χ3v) is 8.92. The normalized spacial score (nSPS) is 11.6. The van der Waals surface area contributed by atoms with Gasteiger partial charge in [0.1, 0.15) is 11.4 Å². The molecule has 47 heavy (non-hydrogen) atoms. The SMILES string of the molecule is Cc1cccc(-c2cc(-c3cccc(-c4nc5c(C(C)C)cccn5c4-c4ccccc4)c3)nc(-c3cccc(C(C)C)c3O)c2)c1. The van der Waals surface area contributed by atoms with Crippen molar-refractivity contribution in [2.45, 2.75) is 46.5 Å². The van der Waals surface area contributed by atoms with Crippen LogP contribution < -0.4 is 0 Å². The third-order valence-electron chi connectivity index (χ3n) is 8.92. The van der Waals surface area contributed by atoms with E-state index >= 15 is 0 Å². The van der Waals surface area contributed by atoms with Gasteiger partial charge in [-0.1, -0.05) is 124 Å². The summed E-state index contributed by atoms with van der Waals surface area (Å²) >= 11 is 0. The van der Waals surface area contributed by atoms with Crippen molar-refractivity contribution >= 4 is 5.65 Å². The number of hydrogen-bond acceptors (Lipinski definition) is 3. The van der Waals surface area contributed by atoms with Crippen molar-refractivity contribution < 1.29 is 5.11 Å². The molecule has 0 amide bonds. The zero-order valence-electron chi connectivity index (χ0n) is 27.6. The second-order valence-electron chi connectivity index (χ2n) is 13.0. The second-order valence-corrected chi connectivity index (χ2v) is 13.0. The van der Waals surface area contributed by atoms with Gasteiger partial charge in [0.2, 0.25) is 0 Å². The van der Waals surface area contributed by atoms with Gasteiger partial charge in [0.05, 0.1) is 22.8 Å². The number of phenols is 1. The van der Waals surface area contributed by atoms with Crippen LogP contribution in [0.5, 0.6) is 5.75 Å². The molecule has 1 N–H and O–H groups in total. The van der Waals surface area contributed by atoms with Gasteiger partial charge in [-0.3, -0.25) is 4.40 Å². The minimum absolute atomic E-state index is 0.187. The number of benzene rings is 4. The lowest BCUT2D eigenvalue weighted by Crippen LogP contribution is -1.95. The number of nitrogens with zero attached hydrogens (tertiary/aromatic N) is 3. The molecule has 0 saturated heterocycles. The molecule has 0 bridgehead atoms. The van der Waals surface area contributed by atoms with Crippen LogP contribution in [0.15, 0.2) is 128 Å². The predicted molar refractivity (Wildman–Crippen MR) is 195 cm³/mol. The zero-order valence-corrected chi connectivity index (χ0v) is 27.6. The molecule has 0 aliphatic rings. The Morgan fingerprint density at radius 3 is 1.98 bits per heavy atom. The van der Waals surface area contributed by atoms with Crippen molar-refractivity contribution in [2.75, 3.05) is 0 Å². The van der Waals surface area contributed by atoms with E-state index < -0.39 is 0 Å². The maximum atomic E-state index is 11.4. The average molecular weight is 614 g/mol. The minimum atomic E-state index is 0.187. The van der Waals surface area contributed by atoms with Crippen LogP contribution in [0.3, 0.4) is 0 Å². The van der Waals surface area contributed by atoms with E-state index in [1.54, 1.807) is 0 Å². The van der Waals surface area contributed by atoms with Crippen LogP contribution >= 0.6 is 0 Å². The van der Waals surface area contributed by atoms with Crippen LogP contribution in [0.25, 0.3) is 61.8 Å². The Hall–Kier alpha value is -5.48. The molecule has 0 spiro atoms. The Balaban J connectivity index is 1.44. The number of pyridine rings is 2. The number of aryl methyl sites for hydroxylation is 1. The van der Waals surface area contributed by atoms with Crippen LogP contribution in [0.1, 0.15) is 56.2 Å². The Labute approximate surface area is 277 Å². The molecule has 0 unspecified atom stereocenters. The lowest BCUT2D eigenvalue weighted by atomic mass is 9.95. The fraction of sp³-hybridized carbons (Fsp3) is 0.163. The van der Waals surface area contributed by atoms with Crippen LogP contribution in [-0.2, 0) is 0 Å². The van der Waals surface area contributed by atoms with E-state index in [0.717, 1.165) is 67.4 Å². The van der Waals surface area contributed by atoms with Gasteiger partial charge in [0.25, 0.3) is 0 Å². The number of rotatable bonds is 7. The van der Waals surface area contributed by atoms with E-state index in [9.17, 15) is 5.11 Å². The number of phenolic OH excluding ortho intramolecular Hbond substituents is 1. The molecule has 0 radical (unpaired) electrons. The molecule has 4 aromatic carbocycles. The van der Waals surface area contributed by atoms with E-state index in [0.29, 0.717) is 5.92 Å². The second kappa shape index (κ2) is 12.4. The van der Waals surface area contributed by atoms with E-state index in [-0.39, 0.29) is 11.7 Å². The van der Waals surface area contributed by atoms with Crippen molar-refractivity contribution in [1.29, 1.82) is 0 Å². The summed E-state index contributed by atoms with van der Waals surface area (Å²) in [5.41, 5.74) is 13.9. The average Bonchev–Trinajstić information content (AvgIpc) is 3.48. The van der Waals surface area contributed by atoms with Crippen molar-refractivity contribution in [3.05, 3.63) is 144 Å². The number of aromatic nitrogens is 3. The van der Waals surface area contributed by atoms with Crippen LogP contribution in [-0.4, -0.2) is 19.5 Å². The molecule has 3 aromatic heterocycles. The minimum Gasteiger partial charge on any atom is -0.507 e. The quantitative estimate of drug-likeness (QED) is 0.195. The highest BCUT2D eigenvalue weighted by Crippen LogP contribution is 2.40. The lowest BCUT2D eigenvalue weighted by Gasteiger charge is -2.15. The van der Waals surface area contributed by atoms with Gasteiger partial charge in [-0.25, -0.2) is 9.97 Å². The summed E-state index contributed by atoms with van der Waals surface area (Å²) in [6, 6.07) is 42.0. The molecular formula is C43H39N3O. The summed E-state index contributed by atoms with van der Waals surface area (Å²) < 4.78 is 2.23. The number of aromatic hydroxyl groups is 1. The third kappa shape index (κ3) is 5.72. The summed E-state index contributed by atoms with van der Waals surface area (Å²) in [5, 5.41) is 11.4. The zero-order chi connectivity index (χ0) is 32.7. The van der Waals surface area contributed by atoms with Crippen LogP contribution in [0.4, 0.5) is 0 Å². The highest BCUT2D eigenvalue weighted by molar-refractivity contribution is 5.86. The summed E-state index contributed by atoms with van der Waals surface area (Å²) in [4.78, 5) is 10.5. The van der Waals surface area contributed by atoms with Crippen molar-refractivity contribution in [2.24, 2.45) is 0 Å². The van der Waals surface area contributed by atoms with E-state index in [1.807, 2.05) is 24.3 Å². The van der Waals surface area contributed by atoms with Gasteiger partial charge in [0.15, 0.2) is 0 Å². The van der Waals surface area contributed by atoms with Gasteiger partial charge < -0.3 is 5.11 Å². The van der Waals surface area contributed by atoms with Gasteiger partial charge in [0, 0.05) is 28.5 Å². The molecule has 4 heteroatoms. The molecule has 0 saturated carbocycles. The molecule has 0 atom stereocenters. The van der Waals surface area contributed by atoms with Gasteiger partial charge in [-0.05, 0) is 71.3 Å². The molecule has 0 fully saturated rings. The lowest BCUT2D eigenvalue weighted by molar-refractivity contribution is 0.466. The maximum absolute atomic E-state index is 11.4.